The molecule has 59 heavy (non-hydrogen) atoms. The van der Waals surface area contributed by atoms with Gasteiger partial charge in [0.25, 0.3) is 11.8 Å². The Morgan fingerprint density at radius 3 is 2.49 bits per heavy atom. The number of halogens is 1. The van der Waals surface area contributed by atoms with Gasteiger partial charge in [0.1, 0.15) is 29.2 Å². The maximum absolute atomic E-state index is 14.1. The number of rotatable bonds is 11. The number of piperazine rings is 1. The zero-order valence-electron chi connectivity index (χ0n) is 32.1. The summed E-state index contributed by atoms with van der Waals surface area (Å²) in [5, 5.41) is 13.3. The number of imidazole rings is 1. The molecule has 0 spiro atoms. The van der Waals surface area contributed by atoms with Gasteiger partial charge < -0.3 is 20.4 Å². The Labute approximate surface area is 338 Å². The van der Waals surface area contributed by atoms with Crippen molar-refractivity contribution in [2.24, 2.45) is 0 Å². The fraction of sp³-hybridized carbons (Fsp3) is 0.333. The van der Waals surface area contributed by atoms with Crippen LogP contribution < -0.4 is 25.8 Å². The van der Waals surface area contributed by atoms with Crippen molar-refractivity contribution in [1.29, 1.82) is 0 Å². The Morgan fingerprint density at radius 1 is 0.831 bits per heavy atom. The standard InChI is InChI=1S/C42H42FN11O5/c43-27-5-1-4-26(22-27)32-7-3-17-52(32)37-13-12-35-46-24-34(54(35)49-37)31-6-2-8-36(47-31)51-20-18-50(19-21-51)25-39(56)45-16-15-44-28-9-10-29-30(23-28)42(59)53(41(29)58)33-11-14-38(55)48-40(33)57/h1-2,4-6,8-10,12-13,22-24,32-33,44H,3,7,11,14-21,25H2,(H,45,56)(H,48,55,57). The summed E-state index contributed by atoms with van der Waals surface area (Å²) in [6.45, 7) is 4.54. The number of piperidine rings is 1. The lowest BCUT2D eigenvalue weighted by molar-refractivity contribution is -0.136. The molecule has 9 rings (SSSR count). The average Bonchev–Trinajstić information content (AvgIpc) is 3.97. The summed E-state index contributed by atoms with van der Waals surface area (Å²) in [5.74, 6) is -0.932. The maximum atomic E-state index is 14.1. The second-order valence-electron chi connectivity index (χ2n) is 15.1. The number of carbonyl (C=O) groups is 5. The second-order valence-corrected chi connectivity index (χ2v) is 15.1. The lowest BCUT2D eigenvalue weighted by atomic mass is 10.0. The second kappa shape index (κ2) is 15.9. The van der Waals surface area contributed by atoms with Crippen LogP contribution in [0.5, 0.6) is 0 Å². The number of nitrogens with zero attached hydrogens (tertiary/aromatic N) is 8. The molecule has 16 nitrogen and oxygen atoms in total. The summed E-state index contributed by atoms with van der Waals surface area (Å²) in [4.78, 5) is 79.9. The Kier molecular flexibility index (Phi) is 10.2. The van der Waals surface area contributed by atoms with Gasteiger partial charge in [-0.15, -0.1) is 5.10 Å². The molecule has 4 aliphatic heterocycles. The summed E-state index contributed by atoms with van der Waals surface area (Å²) in [5.41, 5.74) is 4.15. The number of fused-ring (bicyclic) bond motifs is 2. The van der Waals surface area contributed by atoms with E-state index in [0.717, 1.165) is 52.9 Å². The lowest BCUT2D eigenvalue weighted by Gasteiger charge is -2.35. The maximum Gasteiger partial charge on any atom is 0.262 e. The fourth-order valence-electron chi connectivity index (χ4n) is 8.42. The molecule has 5 amide bonds. The summed E-state index contributed by atoms with van der Waals surface area (Å²) in [6, 6.07) is 20.4. The summed E-state index contributed by atoms with van der Waals surface area (Å²) < 4.78 is 15.9. The molecular formula is C42H42FN11O5. The van der Waals surface area contributed by atoms with Crippen LogP contribution in [0, 0.1) is 5.82 Å². The largest absolute Gasteiger partial charge is 0.383 e. The van der Waals surface area contributed by atoms with Crippen LogP contribution >= 0.6 is 0 Å². The highest BCUT2D eigenvalue weighted by atomic mass is 19.1. The third-order valence-electron chi connectivity index (χ3n) is 11.4. The van der Waals surface area contributed by atoms with Gasteiger partial charge in [0.05, 0.1) is 35.6 Å². The molecule has 0 aliphatic carbocycles. The number of carbonyl (C=O) groups excluding carboxylic acids is 5. The van der Waals surface area contributed by atoms with E-state index in [1.54, 1.807) is 36.5 Å². The molecule has 7 heterocycles. The van der Waals surface area contributed by atoms with E-state index >= 15 is 0 Å². The van der Waals surface area contributed by atoms with Gasteiger partial charge in [-0.1, -0.05) is 18.2 Å². The van der Waals surface area contributed by atoms with Crippen LogP contribution in [0.1, 0.15) is 58.0 Å². The van der Waals surface area contributed by atoms with Crippen LogP contribution in [0.2, 0.25) is 0 Å². The normalized spacial score (nSPS) is 19.7. The Hall–Kier alpha value is -6.75. The number of benzene rings is 2. The molecule has 5 aromatic rings. The van der Waals surface area contributed by atoms with Gasteiger partial charge in [0.2, 0.25) is 17.7 Å². The van der Waals surface area contributed by atoms with Crippen molar-refractivity contribution in [2.45, 2.75) is 37.8 Å². The van der Waals surface area contributed by atoms with E-state index in [0.29, 0.717) is 50.6 Å². The molecule has 3 fully saturated rings. The number of amides is 5. The highest BCUT2D eigenvalue weighted by Crippen LogP contribution is 2.36. The van der Waals surface area contributed by atoms with E-state index in [1.807, 2.05) is 40.9 Å². The first-order valence-corrected chi connectivity index (χ1v) is 19.9. The van der Waals surface area contributed by atoms with E-state index in [1.165, 1.54) is 6.07 Å². The Balaban J connectivity index is 0.759. The van der Waals surface area contributed by atoms with Gasteiger partial charge in [-0.2, -0.15) is 0 Å². The minimum Gasteiger partial charge on any atom is -0.383 e. The van der Waals surface area contributed by atoms with Gasteiger partial charge >= 0.3 is 0 Å². The fourth-order valence-corrected chi connectivity index (χ4v) is 8.42. The van der Waals surface area contributed by atoms with E-state index < -0.39 is 29.7 Å². The van der Waals surface area contributed by atoms with E-state index in [2.05, 4.69) is 35.6 Å². The smallest absolute Gasteiger partial charge is 0.262 e. The average molecular weight is 800 g/mol. The lowest BCUT2D eigenvalue weighted by Crippen LogP contribution is -2.54. The zero-order chi connectivity index (χ0) is 40.6. The third-order valence-corrected chi connectivity index (χ3v) is 11.4. The number of aromatic nitrogens is 4. The summed E-state index contributed by atoms with van der Waals surface area (Å²) in [6.07, 6.45) is 3.84. The third kappa shape index (κ3) is 7.56. The summed E-state index contributed by atoms with van der Waals surface area (Å²) >= 11 is 0. The van der Waals surface area contributed by atoms with Crippen molar-refractivity contribution in [3.8, 4) is 11.4 Å². The highest BCUT2D eigenvalue weighted by molar-refractivity contribution is 6.23. The monoisotopic (exact) mass is 799 g/mol. The van der Waals surface area contributed by atoms with Crippen LogP contribution in [0.25, 0.3) is 17.0 Å². The Morgan fingerprint density at radius 2 is 1.66 bits per heavy atom. The quantitative estimate of drug-likeness (QED) is 0.132. The minimum atomic E-state index is -1.02. The number of imide groups is 2. The molecule has 2 atom stereocenters. The molecule has 17 heteroatoms. The van der Waals surface area contributed by atoms with Crippen molar-refractivity contribution in [3.63, 3.8) is 0 Å². The first kappa shape index (κ1) is 37.8. The van der Waals surface area contributed by atoms with Crippen molar-refractivity contribution >= 4 is 52.5 Å². The molecular weight excluding hydrogens is 758 g/mol. The van der Waals surface area contributed by atoms with Crippen molar-refractivity contribution < 1.29 is 28.4 Å². The van der Waals surface area contributed by atoms with Gasteiger partial charge in [-0.25, -0.2) is 18.9 Å². The van der Waals surface area contributed by atoms with Gasteiger partial charge in [0.15, 0.2) is 5.65 Å². The molecule has 4 aliphatic rings. The zero-order valence-corrected chi connectivity index (χ0v) is 32.1. The Bertz CT molecular complexity index is 2480. The molecule has 2 unspecified atom stereocenters. The van der Waals surface area contributed by atoms with Crippen LogP contribution in [0.3, 0.4) is 0 Å². The number of hydrogen-bond acceptors (Lipinski definition) is 12. The van der Waals surface area contributed by atoms with Crippen LogP contribution in [-0.4, -0.2) is 117 Å². The van der Waals surface area contributed by atoms with E-state index in [4.69, 9.17) is 10.1 Å². The van der Waals surface area contributed by atoms with Crippen molar-refractivity contribution in [2.75, 3.05) is 67.5 Å². The van der Waals surface area contributed by atoms with Crippen LogP contribution in [-0.2, 0) is 14.4 Å². The minimum absolute atomic E-state index is 0.0417. The number of nitrogens with one attached hydrogen (secondary N) is 3. The summed E-state index contributed by atoms with van der Waals surface area (Å²) in [7, 11) is 0. The number of pyridine rings is 1. The topological polar surface area (TPSA) is 177 Å². The number of anilines is 3. The molecule has 2 aromatic carbocycles. The van der Waals surface area contributed by atoms with Gasteiger partial charge in [0, 0.05) is 57.9 Å². The van der Waals surface area contributed by atoms with E-state index in [9.17, 15) is 28.4 Å². The van der Waals surface area contributed by atoms with Gasteiger partial charge in [-0.05, 0) is 79.4 Å². The van der Waals surface area contributed by atoms with Gasteiger partial charge in [-0.3, -0.25) is 39.1 Å². The highest BCUT2D eigenvalue weighted by Gasteiger charge is 2.44. The molecule has 302 valence electrons. The predicted molar refractivity (Wildman–Crippen MR) is 215 cm³/mol. The van der Waals surface area contributed by atoms with Crippen LogP contribution in [0.15, 0.2) is 79.0 Å². The predicted octanol–water partition coefficient (Wildman–Crippen LogP) is 3.02. The molecule has 0 bridgehead atoms. The van der Waals surface area contributed by atoms with Crippen LogP contribution in [0.4, 0.5) is 21.7 Å². The molecule has 3 N–H and O–H groups in total. The molecule has 3 aromatic heterocycles. The molecule has 3 saturated heterocycles. The first-order valence-electron chi connectivity index (χ1n) is 19.9. The molecule has 0 radical (unpaired) electrons. The number of hydrogen-bond donors (Lipinski definition) is 3. The SMILES string of the molecule is O=C(CN1CCN(c2cccc(-c3cnc4ccc(N5CCCC5c5cccc(F)c5)nn34)n2)CC1)NCCNc1ccc2c(c1)C(=O)N(C1CCC(=O)NC1=O)C2=O. The first-order chi connectivity index (χ1) is 28.7. The molecule has 0 saturated carbocycles. The van der Waals surface area contributed by atoms with Crippen molar-refractivity contribution in [3.05, 3.63) is 102 Å². The van der Waals surface area contributed by atoms with E-state index in [-0.39, 0.29) is 48.3 Å². The van der Waals surface area contributed by atoms with Crippen molar-refractivity contribution in [1.82, 2.24) is 40.0 Å².